The topological polar surface area (TPSA) is 49.9 Å². The first-order valence-electron chi connectivity index (χ1n) is 7.20. The molecule has 5 nitrogen and oxygen atoms in total. The molecule has 0 radical (unpaired) electrons. The van der Waals surface area contributed by atoms with Gasteiger partial charge in [0, 0.05) is 32.0 Å². The van der Waals surface area contributed by atoms with Gasteiger partial charge in [-0.15, -0.1) is 6.58 Å². The molecule has 2 aliphatic rings. The van der Waals surface area contributed by atoms with Crippen molar-refractivity contribution in [2.75, 3.05) is 19.6 Å². The van der Waals surface area contributed by atoms with Crippen molar-refractivity contribution < 1.29 is 14.3 Å². The Balaban J connectivity index is 1.91. The van der Waals surface area contributed by atoms with Gasteiger partial charge in [-0.05, 0) is 27.2 Å². The highest BCUT2D eigenvalue weighted by Crippen LogP contribution is 2.26. The van der Waals surface area contributed by atoms with Gasteiger partial charge in [-0.1, -0.05) is 6.08 Å². The molecule has 2 heterocycles. The lowest BCUT2D eigenvalue weighted by Crippen LogP contribution is -2.41. The zero-order valence-corrected chi connectivity index (χ0v) is 12.6. The van der Waals surface area contributed by atoms with Gasteiger partial charge in [0.25, 0.3) is 0 Å². The Kier molecular flexibility index (Phi) is 4.06. The summed E-state index contributed by atoms with van der Waals surface area (Å²) in [5, 5.41) is 0. The molecule has 0 bridgehead atoms. The maximum Gasteiger partial charge on any atom is 0.410 e. The van der Waals surface area contributed by atoms with Gasteiger partial charge in [-0.3, -0.25) is 4.79 Å². The van der Waals surface area contributed by atoms with Crippen LogP contribution in [0.2, 0.25) is 0 Å². The van der Waals surface area contributed by atoms with E-state index in [2.05, 4.69) is 6.58 Å². The van der Waals surface area contributed by atoms with E-state index in [9.17, 15) is 9.59 Å². The number of hydrogen-bond donors (Lipinski definition) is 0. The lowest BCUT2D eigenvalue weighted by molar-refractivity contribution is -0.129. The van der Waals surface area contributed by atoms with Crippen molar-refractivity contribution in [2.45, 2.75) is 45.3 Å². The van der Waals surface area contributed by atoms with Crippen LogP contribution >= 0.6 is 0 Å². The highest BCUT2D eigenvalue weighted by molar-refractivity contribution is 5.79. The number of carbonyl (C=O) groups is 2. The zero-order chi connectivity index (χ0) is 14.9. The van der Waals surface area contributed by atoms with Crippen LogP contribution in [0.15, 0.2) is 12.7 Å². The summed E-state index contributed by atoms with van der Waals surface area (Å²) < 4.78 is 5.37. The summed E-state index contributed by atoms with van der Waals surface area (Å²) in [4.78, 5) is 27.6. The molecular formula is C15H24N2O3. The molecule has 112 valence electrons. The van der Waals surface area contributed by atoms with Crippen molar-refractivity contribution in [1.29, 1.82) is 0 Å². The van der Waals surface area contributed by atoms with Crippen LogP contribution in [0.4, 0.5) is 4.79 Å². The maximum atomic E-state index is 12.0. The molecule has 2 atom stereocenters. The molecule has 0 N–H and O–H groups in total. The van der Waals surface area contributed by atoms with Gasteiger partial charge < -0.3 is 14.5 Å². The van der Waals surface area contributed by atoms with E-state index in [-0.39, 0.29) is 24.0 Å². The smallest absolute Gasteiger partial charge is 0.410 e. The fourth-order valence-corrected chi connectivity index (χ4v) is 2.76. The average Bonchev–Trinajstić information content (AvgIpc) is 2.92. The van der Waals surface area contributed by atoms with Crippen molar-refractivity contribution in [3.63, 3.8) is 0 Å². The van der Waals surface area contributed by atoms with Gasteiger partial charge in [-0.25, -0.2) is 4.79 Å². The van der Waals surface area contributed by atoms with Crippen LogP contribution in [-0.2, 0) is 9.53 Å². The van der Waals surface area contributed by atoms with E-state index in [0.717, 1.165) is 13.0 Å². The Morgan fingerprint density at radius 2 is 2.10 bits per heavy atom. The van der Waals surface area contributed by atoms with E-state index in [4.69, 9.17) is 4.74 Å². The number of carbonyl (C=O) groups excluding carboxylic acids is 2. The van der Waals surface area contributed by atoms with Crippen LogP contribution in [-0.4, -0.2) is 53.1 Å². The molecule has 2 saturated heterocycles. The second kappa shape index (κ2) is 5.46. The largest absolute Gasteiger partial charge is 0.444 e. The van der Waals surface area contributed by atoms with E-state index in [0.29, 0.717) is 19.5 Å². The molecule has 2 unspecified atom stereocenters. The highest BCUT2D eigenvalue weighted by atomic mass is 16.6. The molecule has 0 spiro atoms. The maximum absolute atomic E-state index is 12.0. The molecule has 0 aliphatic carbocycles. The number of rotatable bonds is 2. The number of nitrogens with zero attached hydrogens (tertiary/aromatic N) is 2. The van der Waals surface area contributed by atoms with Gasteiger partial charge in [0.2, 0.25) is 5.91 Å². The van der Waals surface area contributed by atoms with Crippen molar-refractivity contribution in [1.82, 2.24) is 9.80 Å². The lowest BCUT2D eigenvalue weighted by Gasteiger charge is -2.26. The summed E-state index contributed by atoms with van der Waals surface area (Å²) in [6.07, 6.45) is 2.94. The zero-order valence-electron chi connectivity index (χ0n) is 12.6. The van der Waals surface area contributed by atoms with Crippen LogP contribution in [0.5, 0.6) is 0 Å². The van der Waals surface area contributed by atoms with Gasteiger partial charge >= 0.3 is 6.09 Å². The van der Waals surface area contributed by atoms with Crippen LogP contribution in [0.1, 0.15) is 33.6 Å². The van der Waals surface area contributed by atoms with E-state index in [1.807, 2.05) is 31.7 Å². The third-order valence-electron chi connectivity index (χ3n) is 3.78. The van der Waals surface area contributed by atoms with Crippen molar-refractivity contribution in [3.05, 3.63) is 12.7 Å². The fourth-order valence-electron chi connectivity index (χ4n) is 2.76. The number of amides is 2. The van der Waals surface area contributed by atoms with Crippen molar-refractivity contribution in [3.8, 4) is 0 Å². The molecular weight excluding hydrogens is 256 g/mol. The molecule has 0 aromatic carbocycles. The minimum atomic E-state index is -0.480. The Morgan fingerprint density at radius 3 is 2.65 bits per heavy atom. The summed E-state index contributed by atoms with van der Waals surface area (Å²) in [5.74, 6) is 0.420. The SMILES string of the molecule is C=CC1CC(=O)N(C2CCN(C(=O)OC(C)(C)C)C2)C1. The number of likely N-dealkylation sites (tertiary alicyclic amines) is 2. The van der Waals surface area contributed by atoms with Crippen LogP contribution in [0, 0.1) is 5.92 Å². The minimum absolute atomic E-state index is 0.125. The average molecular weight is 280 g/mol. The van der Waals surface area contributed by atoms with Crippen LogP contribution in [0.25, 0.3) is 0 Å². The first kappa shape index (κ1) is 14.9. The Labute approximate surface area is 120 Å². The second-order valence-corrected chi connectivity index (χ2v) is 6.61. The summed E-state index contributed by atoms with van der Waals surface area (Å²) in [5.41, 5.74) is -0.480. The summed E-state index contributed by atoms with van der Waals surface area (Å²) >= 11 is 0. The fraction of sp³-hybridized carbons (Fsp3) is 0.733. The lowest BCUT2D eigenvalue weighted by atomic mass is 10.1. The quantitative estimate of drug-likeness (QED) is 0.727. The molecule has 2 amide bonds. The van der Waals surface area contributed by atoms with Crippen LogP contribution < -0.4 is 0 Å². The summed E-state index contributed by atoms with van der Waals surface area (Å²) in [6, 6.07) is 0.125. The first-order valence-corrected chi connectivity index (χ1v) is 7.20. The minimum Gasteiger partial charge on any atom is -0.444 e. The predicted octanol–water partition coefficient (Wildman–Crippen LogP) is 2.03. The summed E-state index contributed by atoms with van der Waals surface area (Å²) in [7, 11) is 0. The van der Waals surface area contributed by atoms with Crippen LogP contribution in [0.3, 0.4) is 0 Å². The molecule has 0 aromatic heterocycles. The number of hydrogen-bond acceptors (Lipinski definition) is 3. The number of ether oxygens (including phenoxy) is 1. The molecule has 2 fully saturated rings. The molecule has 20 heavy (non-hydrogen) atoms. The van der Waals surface area contributed by atoms with Gasteiger partial charge in [0.1, 0.15) is 5.60 Å². The second-order valence-electron chi connectivity index (χ2n) is 6.61. The first-order chi connectivity index (χ1) is 9.30. The van der Waals surface area contributed by atoms with E-state index < -0.39 is 5.60 Å². The van der Waals surface area contributed by atoms with E-state index >= 15 is 0 Å². The highest BCUT2D eigenvalue weighted by Gasteiger charge is 2.38. The molecule has 2 rings (SSSR count). The van der Waals surface area contributed by atoms with E-state index in [1.54, 1.807) is 4.90 Å². The standard InChI is InChI=1S/C15H24N2O3/c1-5-11-8-13(18)17(9-11)12-6-7-16(10-12)14(19)20-15(2,3)4/h5,11-12H,1,6-10H2,2-4H3. The molecule has 2 aliphatic heterocycles. The monoisotopic (exact) mass is 280 g/mol. The Bertz CT molecular complexity index is 414. The normalized spacial score (nSPS) is 27.1. The third kappa shape index (κ3) is 3.32. The molecule has 0 aromatic rings. The Morgan fingerprint density at radius 1 is 1.40 bits per heavy atom. The summed E-state index contributed by atoms with van der Waals surface area (Å²) in [6.45, 7) is 11.3. The van der Waals surface area contributed by atoms with Gasteiger partial charge in [-0.2, -0.15) is 0 Å². The van der Waals surface area contributed by atoms with Crippen molar-refractivity contribution in [2.24, 2.45) is 5.92 Å². The van der Waals surface area contributed by atoms with E-state index in [1.165, 1.54) is 0 Å². The van der Waals surface area contributed by atoms with Gasteiger partial charge in [0.05, 0.1) is 6.04 Å². The van der Waals surface area contributed by atoms with Gasteiger partial charge in [0.15, 0.2) is 0 Å². The molecule has 5 heteroatoms. The molecule has 0 saturated carbocycles. The Hall–Kier alpha value is -1.52. The van der Waals surface area contributed by atoms with Crippen molar-refractivity contribution >= 4 is 12.0 Å². The predicted molar refractivity (Wildman–Crippen MR) is 76.2 cm³/mol. The third-order valence-corrected chi connectivity index (χ3v) is 3.78.